The first-order valence-corrected chi connectivity index (χ1v) is 6.89. The molecule has 7 heteroatoms. The minimum Gasteiger partial charge on any atom is -0.381 e. The molecule has 116 valence electrons. The zero-order valence-electron chi connectivity index (χ0n) is 12.4. The lowest BCUT2D eigenvalue weighted by Gasteiger charge is -2.12. The zero-order chi connectivity index (χ0) is 15.9. The smallest absolute Gasteiger partial charge is 0.269 e. The van der Waals surface area contributed by atoms with Gasteiger partial charge in [0.05, 0.1) is 0 Å². The number of anilines is 1. The van der Waals surface area contributed by atoms with Gasteiger partial charge in [0.2, 0.25) is 6.10 Å². The third kappa shape index (κ3) is 4.08. The van der Waals surface area contributed by atoms with E-state index in [1.807, 2.05) is 25.1 Å². The fourth-order valence-electron chi connectivity index (χ4n) is 1.72. The third-order valence-electron chi connectivity index (χ3n) is 2.89. The Balaban J connectivity index is 1.98. The summed E-state index contributed by atoms with van der Waals surface area (Å²) in [5.74, 6) is 0.796. The van der Waals surface area contributed by atoms with Crippen LogP contribution in [0.15, 0.2) is 46.1 Å². The lowest BCUT2D eigenvalue weighted by Crippen LogP contribution is -2.29. The predicted molar refractivity (Wildman–Crippen MR) is 82.2 cm³/mol. The number of benzene rings is 1. The molecule has 0 aliphatic carbocycles. The molecule has 1 heterocycles. The number of hydrogen-bond acceptors (Lipinski definition) is 5. The Morgan fingerprint density at radius 3 is 2.77 bits per heavy atom. The summed E-state index contributed by atoms with van der Waals surface area (Å²) in [5, 5.41) is 10.1. The van der Waals surface area contributed by atoms with Crippen LogP contribution in [0.25, 0.3) is 0 Å². The van der Waals surface area contributed by atoms with Crippen LogP contribution in [0, 0.1) is 6.92 Å². The molecule has 2 aromatic rings. The molecule has 1 aromatic carbocycles. The van der Waals surface area contributed by atoms with Crippen LogP contribution in [-0.2, 0) is 9.63 Å². The molecule has 0 saturated carbocycles. The highest BCUT2D eigenvalue weighted by Gasteiger charge is 2.19. The number of hydrogen-bond donors (Lipinski definition) is 2. The molecule has 0 fully saturated rings. The Bertz CT molecular complexity index is 652. The Morgan fingerprint density at radius 2 is 2.18 bits per heavy atom. The van der Waals surface area contributed by atoms with Gasteiger partial charge in [0.1, 0.15) is 5.76 Å². The number of oxime groups is 1. The normalized spacial score (nSPS) is 12.7. The van der Waals surface area contributed by atoms with Gasteiger partial charge in [-0.2, -0.15) is 0 Å². The molecule has 22 heavy (non-hydrogen) atoms. The van der Waals surface area contributed by atoms with E-state index in [4.69, 9.17) is 15.1 Å². The molecule has 0 spiro atoms. The number of aromatic nitrogens is 1. The maximum Gasteiger partial charge on any atom is 0.269 e. The van der Waals surface area contributed by atoms with E-state index in [0.717, 1.165) is 5.56 Å². The lowest BCUT2D eigenvalue weighted by molar-refractivity contribution is -0.127. The van der Waals surface area contributed by atoms with Crippen LogP contribution in [0.2, 0.25) is 0 Å². The number of nitrogens with two attached hydrogens (primary N) is 1. The van der Waals surface area contributed by atoms with Gasteiger partial charge >= 0.3 is 0 Å². The summed E-state index contributed by atoms with van der Waals surface area (Å²) >= 11 is 0. The van der Waals surface area contributed by atoms with Crippen molar-refractivity contribution in [3.8, 4) is 0 Å². The summed E-state index contributed by atoms with van der Waals surface area (Å²) in [4.78, 5) is 17.3. The number of amides is 1. The average molecular weight is 302 g/mol. The van der Waals surface area contributed by atoms with Gasteiger partial charge in [-0.05, 0) is 13.3 Å². The Morgan fingerprint density at radius 1 is 1.45 bits per heavy atom. The summed E-state index contributed by atoms with van der Waals surface area (Å²) in [7, 11) is 0. The first-order chi connectivity index (χ1) is 10.6. The highest BCUT2D eigenvalue weighted by molar-refractivity contribution is 5.97. The van der Waals surface area contributed by atoms with Crippen LogP contribution < -0.4 is 11.1 Å². The second-order valence-electron chi connectivity index (χ2n) is 4.66. The van der Waals surface area contributed by atoms with E-state index >= 15 is 0 Å². The number of carbonyl (C=O) groups excluding carboxylic acids is 1. The highest BCUT2D eigenvalue weighted by Crippen LogP contribution is 2.10. The number of nitrogens with zero attached hydrogens (tertiary/aromatic N) is 2. The number of aryl methyl sites for hydroxylation is 1. The average Bonchev–Trinajstić information content (AvgIpc) is 2.93. The SMILES string of the molecule is CC[C@@H](O/N=C(\N)c1ccccc1)C(=O)Nc1cc(C)on1. The molecule has 0 saturated heterocycles. The van der Waals surface area contributed by atoms with E-state index in [-0.39, 0.29) is 11.7 Å². The molecule has 0 aliphatic rings. The van der Waals surface area contributed by atoms with Crippen molar-refractivity contribution in [2.45, 2.75) is 26.4 Å². The quantitative estimate of drug-likeness (QED) is 0.483. The molecule has 2 rings (SSSR count). The Kier molecular flexibility index (Phi) is 5.13. The minimum atomic E-state index is -0.765. The summed E-state index contributed by atoms with van der Waals surface area (Å²) < 4.78 is 4.88. The van der Waals surface area contributed by atoms with Crippen molar-refractivity contribution in [3.05, 3.63) is 47.7 Å². The Hall–Kier alpha value is -2.83. The maximum absolute atomic E-state index is 12.1. The number of nitrogens with one attached hydrogen (secondary N) is 1. The molecule has 0 aliphatic heterocycles. The maximum atomic E-state index is 12.1. The first kappa shape index (κ1) is 15.6. The molecular weight excluding hydrogens is 284 g/mol. The molecule has 1 atom stereocenters. The van der Waals surface area contributed by atoms with Gasteiger partial charge in [0, 0.05) is 11.6 Å². The van der Waals surface area contributed by atoms with Crippen molar-refractivity contribution in [2.24, 2.45) is 10.9 Å². The van der Waals surface area contributed by atoms with Crippen LogP contribution in [0.1, 0.15) is 24.7 Å². The molecule has 7 nitrogen and oxygen atoms in total. The summed E-state index contributed by atoms with van der Waals surface area (Å²) in [5.41, 5.74) is 6.55. The summed E-state index contributed by atoms with van der Waals surface area (Å²) in [6.07, 6.45) is -0.326. The van der Waals surface area contributed by atoms with Crippen LogP contribution in [0.4, 0.5) is 5.82 Å². The fraction of sp³-hybridized carbons (Fsp3) is 0.267. The van der Waals surface area contributed by atoms with E-state index < -0.39 is 6.10 Å². The monoisotopic (exact) mass is 302 g/mol. The van der Waals surface area contributed by atoms with Gasteiger partial charge in [-0.1, -0.05) is 47.6 Å². The van der Waals surface area contributed by atoms with Crippen molar-refractivity contribution >= 4 is 17.6 Å². The number of amidine groups is 1. The lowest BCUT2D eigenvalue weighted by atomic mass is 10.2. The minimum absolute atomic E-state index is 0.212. The van der Waals surface area contributed by atoms with Crippen LogP contribution >= 0.6 is 0 Å². The first-order valence-electron chi connectivity index (χ1n) is 6.89. The topological polar surface area (TPSA) is 103 Å². The van der Waals surface area contributed by atoms with Crippen molar-refractivity contribution in [2.75, 3.05) is 5.32 Å². The second-order valence-corrected chi connectivity index (χ2v) is 4.66. The zero-order valence-corrected chi connectivity index (χ0v) is 12.4. The molecular formula is C15H18N4O3. The molecule has 0 unspecified atom stereocenters. The number of carbonyl (C=O) groups is 1. The van der Waals surface area contributed by atoms with E-state index in [2.05, 4.69) is 15.6 Å². The van der Waals surface area contributed by atoms with Crippen molar-refractivity contribution < 1.29 is 14.2 Å². The van der Waals surface area contributed by atoms with Crippen LogP contribution in [0.5, 0.6) is 0 Å². The van der Waals surface area contributed by atoms with Gasteiger partial charge < -0.3 is 20.4 Å². The fourth-order valence-corrected chi connectivity index (χ4v) is 1.72. The summed E-state index contributed by atoms with van der Waals surface area (Å²) in [6.45, 7) is 3.55. The number of rotatable bonds is 6. The van der Waals surface area contributed by atoms with E-state index in [1.165, 1.54) is 0 Å². The van der Waals surface area contributed by atoms with Crippen LogP contribution in [0.3, 0.4) is 0 Å². The van der Waals surface area contributed by atoms with Gasteiger partial charge in [-0.15, -0.1) is 0 Å². The summed E-state index contributed by atoms with van der Waals surface area (Å²) in [6, 6.07) is 10.8. The van der Waals surface area contributed by atoms with E-state index in [9.17, 15) is 4.79 Å². The molecule has 1 aromatic heterocycles. The van der Waals surface area contributed by atoms with Crippen molar-refractivity contribution in [1.82, 2.24) is 5.16 Å². The van der Waals surface area contributed by atoms with Gasteiger partial charge in [-0.25, -0.2) is 0 Å². The van der Waals surface area contributed by atoms with E-state index in [0.29, 0.717) is 18.0 Å². The highest BCUT2D eigenvalue weighted by atomic mass is 16.6. The standard InChI is InChI=1S/C15H18N4O3/c1-3-12(15(20)17-13-9-10(2)21-18-13)22-19-14(16)11-7-5-4-6-8-11/h4-9,12H,3H2,1-2H3,(H2,16,19)(H,17,18,20)/t12-/m1/s1. The van der Waals surface area contributed by atoms with Crippen molar-refractivity contribution in [1.29, 1.82) is 0 Å². The predicted octanol–water partition coefficient (Wildman–Crippen LogP) is 2.04. The third-order valence-corrected chi connectivity index (χ3v) is 2.89. The molecule has 1 amide bonds. The van der Waals surface area contributed by atoms with Crippen molar-refractivity contribution in [3.63, 3.8) is 0 Å². The Labute approximate surface area is 128 Å². The molecule has 0 radical (unpaired) electrons. The van der Waals surface area contributed by atoms with Gasteiger partial charge in [0.15, 0.2) is 11.7 Å². The van der Waals surface area contributed by atoms with Crippen LogP contribution in [-0.4, -0.2) is 23.0 Å². The van der Waals surface area contributed by atoms with Gasteiger partial charge in [0.25, 0.3) is 5.91 Å². The molecule has 3 N–H and O–H groups in total. The molecule has 0 bridgehead atoms. The second kappa shape index (κ2) is 7.26. The largest absolute Gasteiger partial charge is 0.381 e. The van der Waals surface area contributed by atoms with E-state index in [1.54, 1.807) is 25.1 Å². The van der Waals surface area contributed by atoms with Gasteiger partial charge in [-0.3, -0.25) is 4.79 Å².